The maximum Gasteiger partial charge on any atom is 0.253 e. The summed E-state index contributed by atoms with van der Waals surface area (Å²) in [5, 5.41) is 2.88. The highest BCUT2D eigenvalue weighted by Crippen LogP contribution is 2.29. The molecular weight excluding hydrogens is 280 g/mol. The summed E-state index contributed by atoms with van der Waals surface area (Å²) in [6.07, 6.45) is 2.36. The number of anilines is 2. The molecule has 1 saturated heterocycles. The number of carbonyl (C=O) groups excluding carboxylic acids is 2. The smallest absolute Gasteiger partial charge is 0.253 e. The summed E-state index contributed by atoms with van der Waals surface area (Å²) in [7, 11) is 1.95. The van der Waals surface area contributed by atoms with Gasteiger partial charge in [0.15, 0.2) is 0 Å². The lowest BCUT2D eigenvalue weighted by molar-refractivity contribution is -0.115. The number of nitrogens with two attached hydrogens (primary N) is 1. The van der Waals surface area contributed by atoms with Gasteiger partial charge in [0.25, 0.3) is 5.91 Å². The number of hydrogen-bond donors (Lipinski definition) is 2. The second-order valence-corrected chi connectivity index (χ2v) is 6.11. The topological polar surface area (TPSA) is 78.7 Å². The van der Waals surface area contributed by atoms with Crippen molar-refractivity contribution in [3.05, 3.63) is 23.8 Å². The zero-order valence-electron chi connectivity index (χ0n) is 12.8. The number of benzene rings is 1. The Labute approximate surface area is 130 Å². The van der Waals surface area contributed by atoms with Crippen molar-refractivity contribution in [3.63, 3.8) is 0 Å². The summed E-state index contributed by atoms with van der Waals surface area (Å²) >= 11 is 0. The minimum Gasteiger partial charge on any atom is -0.372 e. The Morgan fingerprint density at radius 1 is 1.36 bits per heavy atom. The van der Waals surface area contributed by atoms with Gasteiger partial charge in [-0.3, -0.25) is 9.59 Å². The summed E-state index contributed by atoms with van der Waals surface area (Å²) in [6.45, 7) is 2.02. The van der Waals surface area contributed by atoms with E-state index >= 15 is 0 Å². The van der Waals surface area contributed by atoms with Gasteiger partial charge < -0.3 is 20.9 Å². The summed E-state index contributed by atoms with van der Waals surface area (Å²) < 4.78 is 0. The Morgan fingerprint density at radius 3 is 2.95 bits per heavy atom. The van der Waals surface area contributed by atoms with Gasteiger partial charge in [-0.05, 0) is 31.0 Å². The molecule has 0 bridgehead atoms. The minimum absolute atomic E-state index is 0.0147. The fourth-order valence-corrected chi connectivity index (χ4v) is 3.08. The van der Waals surface area contributed by atoms with Gasteiger partial charge in [-0.1, -0.05) is 0 Å². The monoisotopic (exact) mass is 302 g/mol. The molecule has 0 saturated carbocycles. The van der Waals surface area contributed by atoms with Crippen molar-refractivity contribution in [3.8, 4) is 0 Å². The normalized spacial score (nSPS) is 21.9. The van der Waals surface area contributed by atoms with Gasteiger partial charge in [0, 0.05) is 44.7 Å². The second-order valence-electron chi connectivity index (χ2n) is 6.11. The van der Waals surface area contributed by atoms with Crippen LogP contribution in [0.2, 0.25) is 0 Å². The van der Waals surface area contributed by atoms with Crippen LogP contribution in [-0.2, 0) is 4.79 Å². The molecule has 2 aliphatic heterocycles. The third-order valence-electron chi connectivity index (χ3n) is 4.35. The van der Waals surface area contributed by atoms with E-state index in [2.05, 4.69) is 5.32 Å². The Hall–Kier alpha value is -2.08. The molecule has 1 aromatic rings. The van der Waals surface area contributed by atoms with E-state index < -0.39 is 0 Å². The number of hydrogen-bond acceptors (Lipinski definition) is 4. The molecule has 2 amide bonds. The van der Waals surface area contributed by atoms with Crippen LogP contribution >= 0.6 is 0 Å². The number of fused-ring (bicyclic) bond motifs is 1. The Morgan fingerprint density at radius 2 is 2.18 bits per heavy atom. The van der Waals surface area contributed by atoms with Crippen LogP contribution in [0.4, 0.5) is 11.4 Å². The third-order valence-corrected chi connectivity index (χ3v) is 4.35. The second kappa shape index (κ2) is 5.96. The van der Waals surface area contributed by atoms with Gasteiger partial charge in [0.05, 0.1) is 11.4 Å². The number of likely N-dealkylation sites (tertiary alicyclic amines) is 1. The molecular formula is C16H22N4O2. The van der Waals surface area contributed by atoms with Crippen LogP contribution in [-0.4, -0.2) is 49.4 Å². The molecule has 2 aliphatic rings. The molecule has 3 N–H and O–H groups in total. The largest absolute Gasteiger partial charge is 0.372 e. The molecule has 1 fully saturated rings. The van der Waals surface area contributed by atoms with Gasteiger partial charge in [-0.2, -0.15) is 0 Å². The molecule has 6 heteroatoms. The maximum atomic E-state index is 12.6. The average molecular weight is 302 g/mol. The van der Waals surface area contributed by atoms with Gasteiger partial charge in [0.2, 0.25) is 5.91 Å². The van der Waals surface area contributed by atoms with Gasteiger partial charge >= 0.3 is 0 Å². The SMILES string of the molecule is CN1CCC(=O)Nc2cc(C(=O)N3CCC[C@H](N)C3)ccc21. The third kappa shape index (κ3) is 2.92. The Balaban J connectivity index is 1.86. The molecule has 0 aromatic heterocycles. The molecule has 6 nitrogen and oxygen atoms in total. The number of carbonyl (C=O) groups is 2. The van der Waals surface area contributed by atoms with Crippen molar-refractivity contribution in [2.75, 3.05) is 36.9 Å². The number of amides is 2. The van der Waals surface area contributed by atoms with Gasteiger partial charge in [0.1, 0.15) is 0 Å². The molecule has 2 heterocycles. The highest BCUT2D eigenvalue weighted by molar-refractivity contribution is 6.00. The predicted molar refractivity (Wildman–Crippen MR) is 86.1 cm³/mol. The lowest BCUT2D eigenvalue weighted by Gasteiger charge is -2.31. The number of nitrogens with zero attached hydrogens (tertiary/aromatic N) is 2. The minimum atomic E-state index is -0.0183. The molecule has 118 valence electrons. The van der Waals surface area contributed by atoms with Crippen molar-refractivity contribution < 1.29 is 9.59 Å². The molecule has 22 heavy (non-hydrogen) atoms. The average Bonchev–Trinajstić information content (AvgIpc) is 2.65. The molecule has 0 aliphatic carbocycles. The van der Waals surface area contributed by atoms with E-state index in [0.717, 1.165) is 25.1 Å². The van der Waals surface area contributed by atoms with Crippen LogP contribution in [0.5, 0.6) is 0 Å². The van der Waals surface area contributed by atoms with Crippen molar-refractivity contribution in [1.29, 1.82) is 0 Å². The van der Waals surface area contributed by atoms with E-state index in [1.165, 1.54) is 0 Å². The first-order chi connectivity index (χ1) is 10.5. The number of rotatable bonds is 1. The highest BCUT2D eigenvalue weighted by Gasteiger charge is 2.24. The van der Waals surface area contributed by atoms with Crippen LogP contribution in [0.1, 0.15) is 29.6 Å². The summed E-state index contributed by atoms with van der Waals surface area (Å²) in [6, 6.07) is 5.56. The Kier molecular flexibility index (Phi) is 4.02. The van der Waals surface area contributed by atoms with Crippen LogP contribution in [0.3, 0.4) is 0 Å². The van der Waals surface area contributed by atoms with Gasteiger partial charge in [-0.15, -0.1) is 0 Å². The first-order valence-electron chi connectivity index (χ1n) is 7.74. The van der Waals surface area contributed by atoms with E-state index in [0.29, 0.717) is 30.8 Å². The molecule has 1 atom stereocenters. The lowest BCUT2D eigenvalue weighted by atomic mass is 10.0. The number of piperidine rings is 1. The standard InChI is InChI=1S/C16H22N4O2/c1-19-8-6-15(21)18-13-9-11(4-5-14(13)19)16(22)20-7-2-3-12(17)10-20/h4-5,9,12H,2-3,6-8,10,17H2,1H3,(H,18,21)/t12-/m0/s1. The molecule has 0 radical (unpaired) electrons. The van der Waals surface area contributed by atoms with Crippen LogP contribution in [0, 0.1) is 0 Å². The van der Waals surface area contributed by atoms with Gasteiger partial charge in [-0.25, -0.2) is 0 Å². The van der Waals surface area contributed by atoms with Crippen molar-refractivity contribution >= 4 is 23.2 Å². The van der Waals surface area contributed by atoms with Crippen molar-refractivity contribution in [2.45, 2.75) is 25.3 Å². The van der Waals surface area contributed by atoms with E-state index in [4.69, 9.17) is 5.73 Å². The fourth-order valence-electron chi connectivity index (χ4n) is 3.08. The maximum absolute atomic E-state index is 12.6. The van der Waals surface area contributed by atoms with E-state index in [1.807, 2.05) is 24.1 Å². The first kappa shape index (κ1) is 14.8. The fraction of sp³-hybridized carbons (Fsp3) is 0.500. The molecule has 3 rings (SSSR count). The summed E-state index contributed by atoms with van der Waals surface area (Å²) in [5.41, 5.74) is 8.20. The van der Waals surface area contributed by atoms with Crippen LogP contribution in [0.15, 0.2) is 18.2 Å². The highest BCUT2D eigenvalue weighted by atomic mass is 16.2. The van der Waals surface area contributed by atoms with Crippen LogP contribution < -0.4 is 16.0 Å². The predicted octanol–water partition coefficient (Wildman–Crippen LogP) is 1.03. The van der Waals surface area contributed by atoms with Crippen molar-refractivity contribution in [2.24, 2.45) is 5.73 Å². The Bertz CT molecular complexity index is 602. The zero-order valence-corrected chi connectivity index (χ0v) is 12.8. The quantitative estimate of drug-likeness (QED) is 0.812. The first-order valence-corrected chi connectivity index (χ1v) is 7.74. The van der Waals surface area contributed by atoms with E-state index in [1.54, 1.807) is 11.0 Å². The molecule has 0 spiro atoms. The summed E-state index contributed by atoms with van der Waals surface area (Å²) in [5.74, 6) is -0.0331. The number of nitrogens with one attached hydrogen (secondary N) is 1. The lowest BCUT2D eigenvalue weighted by Crippen LogP contribution is -2.45. The van der Waals surface area contributed by atoms with Crippen LogP contribution in [0.25, 0.3) is 0 Å². The molecule has 1 aromatic carbocycles. The molecule has 0 unspecified atom stereocenters. The summed E-state index contributed by atoms with van der Waals surface area (Å²) in [4.78, 5) is 28.2. The van der Waals surface area contributed by atoms with E-state index in [9.17, 15) is 9.59 Å². The van der Waals surface area contributed by atoms with E-state index in [-0.39, 0.29) is 17.9 Å². The zero-order chi connectivity index (χ0) is 15.7. The van der Waals surface area contributed by atoms with Crippen molar-refractivity contribution in [1.82, 2.24) is 4.90 Å².